The highest BCUT2D eigenvalue weighted by molar-refractivity contribution is 5.94. The first-order valence-electron chi connectivity index (χ1n) is 8.76. The molecule has 0 N–H and O–H groups in total. The van der Waals surface area contributed by atoms with Gasteiger partial charge in [-0.25, -0.2) is 4.39 Å². The number of anilines is 1. The molecule has 26 heavy (non-hydrogen) atoms. The van der Waals surface area contributed by atoms with Crippen molar-refractivity contribution >= 4 is 17.4 Å². The Morgan fingerprint density at radius 2 is 1.92 bits per heavy atom. The van der Waals surface area contributed by atoms with Crippen LogP contribution in [0.4, 0.5) is 10.1 Å². The van der Waals surface area contributed by atoms with E-state index in [1.165, 1.54) is 13.0 Å². The minimum atomic E-state index is -0.397. The number of aromatic nitrogens is 2. The Bertz CT molecular complexity index is 810. The first kappa shape index (κ1) is 18.1. The molecule has 1 amide bonds. The molecule has 1 fully saturated rings. The number of amides is 1. The third-order valence-electron chi connectivity index (χ3n) is 4.64. The highest BCUT2D eigenvalue weighted by Crippen LogP contribution is 2.22. The SMILES string of the molecule is CC(=O)c1ccc(N2CCN(C(=O)CCn3cc(C)cn3)CC2)c(F)c1. The van der Waals surface area contributed by atoms with Crippen LogP contribution in [-0.2, 0) is 11.3 Å². The smallest absolute Gasteiger partial charge is 0.224 e. The number of hydrogen-bond acceptors (Lipinski definition) is 4. The van der Waals surface area contributed by atoms with Crippen LogP contribution in [0.1, 0.15) is 29.3 Å². The molecular formula is C19H23FN4O2. The van der Waals surface area contributed by atoms with Gasteiger partial charge in [-0.2, -0.15) is 5.10 Å². The van der Waals surface area contributed by atoms with Crippen molar-refractivity contribution in [2.45, 2.75) is 26.8 Å². The van der Waals surface area contributed by atoms with Crippen LogP contribution in [0.15, 0.2) is 30.6 Å². The number of Topliss-reactive ketones (excluding diaryl/α,β-unsaturated/α-hetero) is 1. The normalized spacial score (nSPS) is 14.6. The Morgan fingerprint density at radius 3 is 2.50 bits per heavy atom. The summed E-state index contributed by atoms with van der Waals surface area (Å²) in [6.07, 6.45) is 4.09. The largest absolute Gasteiger partial charge is 0.366 e. The lowest BCUT2D eigenvalue weighted by Gasteiger charge is -2.36. The summed E-state index contributed by atoms with van der Waals surface area (Å²) in [6, 6.07) is 4.56. The minimum Gasteiger partial charge on any atom is -0.366 e. The first-order chi connectivity index (χ1) is 12.4. The number of halogens is 1. The number of aryl methyl sites for hydroxylation is 2. The molecule has 138 valence electrons. The molecule has 7 heteroatoms. The number of carbonyl (C=O) groups excluding carboxylic acids is 2. The molecule has 1 aromatic heterocycles. The van der Waals surface area contributed by atoms with Crippen LogP contribution >= 0.6 is 0 Å². The molecule has 0 spiro atoms. The number of ketones is 1. The maximum absolute atomic E-state index is 14.3. The summed E-state index contributed by atoms with van der Waals surface area (Å²) in [7, 11) is 0. The molecule has 0 aliphatic carbocycles. The summed E-state index contributed by atoms with van der Waals surface area (Å²) in [6.45, 7) is 6.21. The van der Waals surface area contributed by atoms with Crippen molar-refractivity contribution in [1.82, 2.24) is 14.7 Å². The van der Waals surface area contributed by atoms with Crippen LogP contribution in [0.3, 0.4) is 0 Å². The van der Waals surface area contributed by atoms with E-state index in [-0.39, 0.29) is 11.7 Å². The van der Waals surface area contributed by atoms with Gasteiger partial charge in [-0.3, -0.25) is 14.3 Å². The number of hydrogen-bond donors (Lipinski definition) is 0. The Morgan fingerprint density at radius 1 is 1.19 bits per heavy atom. The van der Waals surface area contributed by atoms with E-state index in [9.17, 15) is 14.0 Å². The highest BCUT2D eigenvalue weighted by Gasteiger charge is 2.23. The van der Waals surface area contributed by atoms with Crippen molar-refractivity contribution in [3.8, 4) is 0 Å². The summed E-state index contributed by atoms with van der Waals surface area (Å²) in [5.74, 6) is -0.463. The van der Waals surface area contributed by atoms with Gasteiger partial charge in [0.25, 0.3) is 0 Å². The van der Waals surface area contributed by atoms with Gasteiger partial charge >= 0.3 is 0 Å². The quantitative estimate of drug-likeness (QED) is 0.770. The molecule has 1 aromatic carbocycles. The molecule has 0 bridgehead atoms. The molecule has 6 nitrogen and oxygen atoms in total. The number of benzene rings is 1. The first-order valence-corrected chi connectivity index (χ1v) is 8.76. The lowest BCUT2D eigenvalue weighted by Crippen LogP contribution is -2.49. The maximum Gasteiger partial charge on any atom is 0.224 e. The van der Waals surface area contributed by atoms with E-state index in [4.69, 9.17) is 0 Å². The monoisotopic (exact) mass is 358 g/mol. The Kier molecular flexibility index (Phi) is 5.35. The van der Waals surface area contributed by atoms with Crippen LogP contribution in [-0.4, -0.2) is 52.5 Å². The van der Waals surface area contributed by atoms with Gasteiger partial charge in [0.1, 0.15) is 5.82 Å². The van der Waals surface area contributed by atoms with Gasteiger partial charge < -0.3 is 9.80 Å². The van der Waals surface area contributed by atoms with Gasteiger partial charge in [0, 0.05) is 50.9 Å². The molecule has 0 atom stereocenters. The molecule has 1 aliphatic heterocycles. The lowest BCUT2D eigenvalue weighted by atomic mass is 10.1. The second kappa shape index (κ2) is 7.68. The molecule has 3 rings (SSSR count). The van der Waals surface area contributed by atoms with Gasteiger partial charge in [0.15, 0.2) is 5.78 Å². The van der Waals surface area contributed by atoms with Crippen molar-refractivity contribution in [3.63, 3.8) is 0 Å². The summed E-state index contributed by atoms with van der Waals surface area (Å²) in [4.78, 5) is 27.4. The van der Waals surface area contributed by atoms with Gasteiger partial charge in [-0.05, 0) is 37.6 Å². The summed E-state index contributed by atoms with van der Waals surface area (Å²) in [5, 5.41) is 4.19. The minimum absolute atomic E-state index is 0.0882. The van der Waals surface area contributed by atoms with E-state index < -0.39 is 5.82 Å². The molecule has 0 unspecified atom stereocenters. The highest BCUT2D eigenvalue weighted by atomic mass is 19.1. The van der Waals surface area contributed by atoms with E-state index in [0.29, 0.717) is 50.4 Å². The summed E-state index contributed by atoms with van der Waals surface area (Å²) in [5.41, 5.74) is 1.92. The fourth-order valence-corrected chi connectivity index (χ4v) is 3.14. The zero-order chi connectivity index (χ0) is 18.7. The van der Waals surface area contributed by atoms with Crippen LogP contribution in [0.25, 0.3) is 0 Å². The Labute approximate surface area is 152 Å². The Hall–Kier alpha value is -2.70. The molecule has 2 heterocycles. The second-order valence-electron chi connectivity index (χ2n) is 6.62. The number of nitrogens with zero attached hydrogens (tertiary/aromatic N) is 4. The van der Waals surface area contributed by atoms with Crippen LogP contribution in [0, 0.1) is 12.7 Å². The predicted octanol–water partition coefficient (Wildman–Crippen LogP) is 2.27. The van der Waals surface area contributed by atoms with E-state index in [0.717, 1.165) is 5.56 Å². The Balaban J connectivity index is 1.53. The molecule has 0 radical (unpaired) electrons. The zero-order valence-corrected chi connectivity index (χ0v) is 15.1. The van der Waals surface area contributed by atoms with Gasteiger partial charge in [-0.1, -0.05) is 0 Å². The standard InChI is InChI=1S/C19H23FN4O2/c1-14-12-21-24(13-14)6-5-19(26)23-9-7-22(8-10-23)18-4-3-16(15(2)25)11-17(18)20/h3-4,11-13H,5-10H2,1-2H3. The van der Waals surface area contributed by atoms with Crippen LogP contribution in [0.2, 0.25) is 0 Å². The van der Waals surface area contributed by atoms with Crippen molar-refractivity contribution in [1.29, 1.82) is 0 Å². The second-order valence-corrected chi connectivity index (χ2v) is 6.62. The van der Waals surface area contributed by atoms with Crippen molar-refractivity contribution in [2.75, 3.05) is 31.1 Å². The fraction of sp³-hybridized carbons (Fsp3) is 0.421. The number of carbonyl (C=O) groups is 2. The molecule has 1 aliphatic rings. The summed E-state index contributed by atoms with van der Waals surface area (Å²) >= 11 is 0. The van der Waals surface area contributed by atoms with Gasteiger partial charge in [-0.15, -0.1) is 0 Å². The van der Waals surface area contributed by atoms with Gasteiger partial charge in [0.05, 0.1) is 11.9 Å². The third kappa shape index (κ3) is 4.09. The molecule has 1 saturated heterocycles. The van der Waals surface area contributed by atoms with Crippen molar-refractivity contribution in [3.05, 3.63) is 47.5 Å². The summed E-state index contributed by atoms with van der Waals surface area (Å²) < 4.78 is 16.1. The molecule has 0 saturated carbocycles. The zero-order valence-electron chi connectivity index (χ0n) is 15.1. The van der Waals surface area contributed by atoms with E-state index in [1.54, 1.807) is 23.0 Å². The molecule has 2 aromatic rings. The van der Waals surface area contributed by atoms with E-state index in [2.05, 4.69) is 5.10 Å². The van der Waals surface area contributed by atoms with Gasteiger partial charge in [0.2, 0.25) is 5.91 Å². The number of piperazine rings is 1. The van der Waals surface area contributed by atoms with Crippen molar-refractivity contribution in [2.24, 2.45) is 0 Å². The number of rotatable bonds is 5. The maximum atomic E-state index is 14.3. The van der Waals surface area contributed by atoms with Crippen LogP contribution < -0.4 is 4.90 Å². The van der Waals surface area contributed by atoms with Crippen molar-refractivity contribution < 1.29 is 14.0 Å². The topological polar surface area (TPSA) is 58.4 Å². The van der Waals surface area contributed by atoms with E-state index in [1.807, 2.05) is 22.9 Å². The van der Waals surface area contributed by atoms with Crippen LogP contribution in [0.5, 0.6) is 0 Å². The fourth-order valence-electron chi connectivity index (χ4n) is 3.14. The average Bonchev–Trinajstić information content (AvgIpc) is 3.05. The average molecular weight is 358 g/mol. The molecular weight excluding hydrogens is 335 g/mol. The lowest BCUT2D eigenvalue weighted by molar-refractivity contribution is -0.131. The van der Waals surface area contributed by atoms with E-state index >= 15 is 0 Å². The predicted molar refractivity (Wildman–Crippen MR) is 96.8 cm³/mol. The third-order valence-corrected chi connectivity index (χ3v) is 4.64.